The summed E-state index contributed by atoms with van der Waals surface area (Å²) < 4.78 is 10.4. The first-order valence-corrected chi connectivity index (χ1v) is 9.32. The summed E-state index contributed by atoms with van der Waals surface area (Å²) in [6.45, 7) is 3.56. The van der Waals surface area contributed by atoms with Crippen molar-refractivity contribution in [2.75, 3.05) is 13.2 Å². The average Bonchev–Trinajstić information content (AvgIpc) is 2.69. The number of carbonyl (C=O) groups excluding carboxylic acids is 3. The summed E-state index contributed by atoms with van der Waals surface area (Å²) in [5, 5.41) is 2.91. The second kappa shape index (κ2) is 8.35. The SMILES string of the molecule is CCOC(=O)C1(C(=O)OCC)N[C@H](C(=O)c2ccccc2)[C@H]1c1ccccc1. The molecule has 146 valence electrons. The normalized spacial score (nSPS) is 19.9. The van der Waals surface area contributed by atoms with Crippen LogP contribution in [0.15, 0.2) is 60.7 Å². The van der Waals surface area contributed by atoms with Gasteiger partial charge in [0.2, 0.25) is 5.54 Å². The third-order valence-corrected chi connectivity index (χ3v) is 4.88. The molecule has 0 aliphatic carbocycles. The zero-order valence-electron chi connectivity index (χ0n) is 15.9. The lowest BCUT2D eigenvalue weighted by molar-refractivity contribution is -0.174. The Morgan fingerprint density at radius 2 is 1.36 bits per heavy atom. The average molecular weight is 381 g/mol. The predicted octanol–water partition coefficient (Wildman–Crippen LogP) is 2.49. The summed E-state index contributed by atoms with van der Waals surface area (Å²) in [6.07, 6.45) is 0. The Morgan fingerprint density at radius 3 is 1.86 bits per heavy atom. The molecule has 2 atom stereocenters. The lowest BCUT2D eigenvalue weighted by Gasteiger charge is -2.51. The molecule has 0 unspecified atom stereocenters. The van der Waals surface area contributed by atoms with Gasteiger partial charge in [-0.1, -0.05) is 60.7 Å². The van der Waals surface area contributed by atoms with Gasteiger partial charge < -0.3 is 9.47 Å². The van der Waals surface area contributed by atoms with Crippen molar-refractivity contribution in [2.45, 2.75) is 31.3 Å². The van der Waals surface area contributed by atoms with Crippen molar-refractivity contribution in [2.24, 2.45) is 0 Å². The van der Waals surface area contributed by atoms with Gasteiger partial charge in [0.1, 0.15) is 0 Å². The van der Waals surface area contributed by atoms with Crippen molar-refractivity contribution in [3.05, 3.63) is 71.8 Å². The maximum absolute atomic E-state index is 13.1. The zero-order valence-corrected chi connectivity index (χ0v) is 15.9. The van der Waals surface area contributed by atoms with Gasteiger partial charge in [-0.2, -0.15) is 0 Å². The number of ketones is 1. The van der Waals surface area contributed by atoms with Crippen molar-refractivity contribution < 1.29 is 23.9 Å². The molecule has 1 heterocycles. The van der Waals surface area contributed by atoms with Crippen molar-refractivity contribution in [1.82, 2.24) is 5.32 Å². The molecule has 3 rings (SSSR count). The third-order valence-electron chi connectivity index (χ3n) is 4.88. The van der Waals surface area contributed by atoms with Crippen LogP contribution in [0.3, 0.4) is 0 Å². The van der Waals surface area contributed by atoms with Crippen LogP contribution >= 0.6 is 0 Å². The van der Waals surface area contributed by atoms with E-state index in [2.05, 4.69) is 5.32 Å². The lowest BCUT2D eigenvalue weighted by Crippen LogP contribution is -2.79. The van der Waals surface area contributed by atoms with Gasteiger partial charge in [-0.15, -0.1) is 0 Å². The summed E-state index contributed by atoms with van der Waals surface area (Å²) in [6, 6.07) is 17.1. The summed E-state index contributed by atoms with van der Waals surface area (Å²) in [5.74, 6) is -2.41. The van der Waals surface area contributed by atoms with E-state index in [0.717, 1.165) is 0 Å². The number of carbonyl (C=O) groups is 3. The van der Waals surface area contributed by atoms with Crippen LogP contribution in [0.4, 0.5) is 0 Å². The van der Waals surface area contributed by atoms with Gasteiger partial charge in [0.25, 0.3) is 0 Å². The molecule has 28 heavy (non-hydrogen) atoms. The summed E-state index contributed by atoms with van der Waals surface area (Å²) in [5.41, 5.74) is -0.554. The first-order valence-electron chi connectivity index (χ1n) is 9.32. The Kier molecular flexibility index (Phi) is 5.90. The monoisotopic (exact) mass is 381 g/mol. The minimum Gasteiger partial charge on any atom is -0.464 e. The Balaban J connectivity index is 2.06. The number of hydrogen-bond donors (Lipinski definition) is 1. The summed E-state index contributed by atoms with van der Waals surface area (Å²) >= 11 is 0. The Hall–Kier alpha value is -2.99. The molecule has 1 saturated heterocycles. The second-order valence-corrected chi connectivity index (χ2v) is 6.49. The van der Waals surface area contributed by atoms with Crippen molar-refractivity contribution in [3.8, 4) is 0 Å². The van der Waals surface area contributed by atoms with Crippen molar-refractivity contribution >= 4 is 17.7 Å². The van der Waals surface area contributed by atoms with E-state index in [-0.39, 0.29) is 19.0 Å². The van der Waals surface area contributed by atoms with Crippen LogP contribution in [-0.4, -0.2) is 42.5 Å². The first kappa shape index (κ1) is 19.8. The van der Waals surface area contributed by atoms with Crippen LogP contribution in [-0.2, 0) is 19.1 Å². The molecule has 6 nitrogen and oxygen atoms in total. The van der Waals surface area contributed by atoms with Gasteiger partial charge in [-0.3, -0.25) is 10.1 Å². The maximum atomic E-state index is 13.1. The van der Waals surface area contributed by atoms with Crippen LogP contribution in [0.2, 0.25) is 0 Å². The number of ether oxygens (including phenoxy) is 2. The fourth-order valence-corrected chi connectivity index (χ4v) is 3.62. The quantitative estimate of drug-likeness (QED) is 0.451. The molecule has 1 aliphatic heterocycles. The maximum Gasteiger partial charge on any atom is 0.338 e. The Bertz CT molecular complexity index is 832. The molecular formula is C22H23NO5. The summed E-state index contributed by atoms with van der Waals surface area (Å²) in [7, 11) is 0. The first-order chi connectivity index (χ1) is 13.6. The standard InChI is InChI=1S/C22H23NO5/c1-3-27-20(25)22(21(26)28-4-2)17(15-11-7-5-8-12-15)18(23-22)19(24)16-13-9-6-10-14-16/h5-14,17-18,23H,3-4H2,1-2H3/t17-,18+/m1/s1. The number of esters is 2. The number of rotatable bonds is 7. The highest BCUT2D eigenvalue weighted by Crippen LogP contribution is 2.44. The molecule has 1 fully saturated rings. The summed E-state index contributed by atoms with van der Waals surface area (Å²) in [4.78, 5) is 38.8. The van der Waals surface area contributed by atoms with Crippen molar-refractivity contribution in [3.63, 3.8) is 0 Å². The van der Waals surface area contributed by atoms with Crippen molar-refractivity contribution in [1.29, 1.82) is 0 Å². The zero-order chi connectivity index (χ0) is 20.1. The number of benzene rings is 2. The molecule has 1 aliphatic rings. The van der Waals surface area contributed by atoms with E-state index in [1.54, 1.807) is 62.4 Å². The van der Waals surface area contributed by atoms with Gasteiger partial charge in [0.15, 0.2) is 5.78 Å². The fraction of sp³-hybridized carbons (Fsp3) is 0.318. The smallest absolute Gasteiger partial charge is 0.338 e. The highest BCUT2D eigenvalue weighted by molar-refractivity contribution is 6.13. The molecule has 0 bridgehead atoms. The molecule has 2 aromatic carbocycles. The topological polar surface area (TPSA) is 81.7 Å². The number of hydrogen-bond acceptors (Lipinski definition) is 6. The number of nitrogens with one attached hydrogen (secondary N) is 1. The molecule has 0 saturated carbocycles. The second-order valence-electron chi connectivity index (χ2n) is 6.49. The predicted molar refractivity (Wildman–Crippen MR) is 103 cm³/mol. The highest BCUT2D eigenvalue weighted by atomic mass is 16.6. The molecule has 0 amide bonds. The van der Waals surface area contributed by atoms with Gasteiger partial charge in [-0.25, -0.2) is 9.59 Å². The van der Waals surface area contributed by atoms with Gasteiger partial charge in [-0.05, 0) is 19.4 Å². The lowest BCUT2D eigenvalue weighted by atomic mass is 9.64. The van der Waals surface area contributed by atoms with E-state index in [1.807, 2.05) is 12.1 Å². The van der Waals surface area contributed by atoms with Gasteiger partial charge in [0.05, 0.1) is 19.3 Å². The van der Waals surface area contributed by atoms with E-state index in [0.29, 0.717) is 11.1 Å². The van der Waals surface area contributed by atoms with E-state index < -0.39 is 29.4 Å². The highest BCUT2D eigenvalue weighted by Gasteiger charge is 2.68. The third kappa shape index (κ3) is 3.31. The van der Waals surface area contributed by atoms with E-state index >= 15 is 0 Å². The van der Waals surface area contributed by atoms with Crippen LogP contribution in [0.1, 0.15) is 35.7 Å². The van der Waals surface area contributed by atoms with E-state index in [4.69, 9.17) is 9.47 Å². The molecule has 2 aromatic rings. The fourth-order valence-electron chi connectivity index (χ4n) is 3.62. The molecule has 0 aromatic heterocycles. The molecule has 6 heteroatoms. The molecule has 0 radical (unpaired) electrons. The van der Waals surface area contributed by atoms with Gasteiger partial charge >= 0.3 is 11.9 Å². The Morgan fingerprint density at radius 1 is 0.857 bits per heavy atom. The van der Waals surface area contributed by atoms with Crippen LogP contribution in [0, 0.1) is 0 Å². The van der Waals surface area contributed by atoms with E-state index in [9.17, 15) is 14.4 Å². The van der Waals surface area contributed by atoms with E-state index in [1.165, 1.54) is 0 Å². The van der Waals surface area contributed by atoms with Crippen LogP contribution < -0.4 is 5.32 Å². The molecule has 0 spiro atoms. The molecule has 1 N–H and O–H groups in total. The van der Waals surface area contributed by atoms with Gasteiger partial charge in [0, 0.05) is 11.5 Å². The minimum absolute atomic E-state index is 0.112. The van der Waals surface area contributed by atoms with Crippen LogP contribution in [0.25, 0.3) is 0 Å². The van der Waals surface area contributed by atoms with Crippen LogP contribution in [0.5, 0.6) is 0 Å². The minimum atomic E-state index is -1.75. The Labute approximate surface area is 163 Å². The largest absolute Gasteiger partial charge is 0.464 e. The molecular weight excluding hydrogens is 358 g/mol. The number of Topliss-reactive ketones (excluding diaryl/α,β-unsaturated/α-hetero) is 1.